The number of carbonyl (C=O) groups is 2. The van der Waals surface area contributed by atoms with E-state index < -0.39 is 40.5 Å². The number of imidazole rings is 1. The summed E-state index contributed by atoms with van der Waals surface area (Å²) in [6.45, 7) is 0. The van der Waals surface area contributed by atoms with Gasteiger partial charge in [0, 0.05) is 23.4 Å². The maximum absolute atomic E-state index is 14.9. The van der Waals surface area contributed by atoms with Gasteiger partial charge in [-0.1, -0.05) is 0 Å². The fourth-order valence-electron chi connectivity index (χ4n) is 4.43. The van der Waals surface area contributed by atoms with E-state index in [0.29, 0.717) is 23.6 Å². The number of fused-ring (bicyclic) bond motifs is 1. The molecule has 3 aromatic heterocycles. The minimum atomic E-state index is -4.96. The maximum atomic E-state index is 14.9. The summed E-state index contributed by atoms with van der Waals surface area (Å²) in [7, 11) is 0. The number of benzene rings is 2. The summed E-state index contributed by atoms with van der Waals surface area (Å²) in [6.07, 6.45) is -0.156. The van der Waals surface area contributed by atoms with E-state index in [1.54, 1.807) is 22.7 Å². The van der Waals surface area contributed by atoms with E-state index in [1.165, 1.54) is 18.3 Å². The van der Waals surface area contributed by atoms with Gasteiger partial charge in [0.1, 0.15) is 28.5 Å². The van der Waals surface area contributed by atoms with Gasteiger partial charge in [0.2, 0.25) is 5.91 Å². The summed E-state index contributed by atoms with van der Waals surface area (Å²) in [6, 6.07) is 11.5. The molecule has 224 valence electrons. The fraction of sp³-hybridized carbons (Fsp3) is 0.133. The van der Waals surface area contributed by atoms with Gasteiger partial charge >= 0.3 is 6.18 Å². The molecule has 44 heavy (non-hydrogen) atoms. The Morgan fingerprint density at radius 2 is 1.66 bits per heavy atom. The highest BCUT2D eigenvalue weighted by atomic mass is 19.4. The van der Waals surface area contributed by atoms with Gasteiger partial charge in [-0.05, 0) is 73.5 Å². The van der Waals surface area contributed by atoms with Crippen LogP contribution in [0.15, 0.2) is 83.9 Å². The van der Waals surface area contributed by atoms with Crippen LogP contribution < -0.4 is 20.9 Å². The van der Waals surface area contributed by atoms with Crippen LogP contribution in [0.4, 0.5) is 33.5 Å². The lowest BCUT2D eigenvalue weighted by atomic mass is 10.2. The van der Waals surface area contributed by atoms with Crippen LogP contribution in [-0.2, 0) is 11.0 Å². The number of nitrogens with zero attached hydrogens (tertiary/aromatic N) is 3. The van der Waals surface area contributed by atoms with E-state index in [9.17, 15) is 36.3 Å². The molecule has 9 nitrogen and oxygen atoms in total. The smallest absolute Gasteiger partial charge is 0.431 e. The first-order valence-electron chi connectivity index (χ1n) is 13.1. The average molecular weight is 610 g/mol. The number of alkyl halides is 3. The Morgan fingerprint density at radius 3 is 2.34 bits per heavy atom. The third-order valence-electron chi connectivity index (χ3n) is 6.74. The molecule has 0 bridgehead atoms. The second-order valence-corrected chi connectivity index (χ2v) is 9.97. The number of halogens is 5. The molecule has 0 spiro atoms. The molecule has 1 aliphatic rings. The van der Waals surface area contributed by atoms with E-state index in [2.05, 4.69) is 15.6 Å². The lowest BCUT2D eigenvalue weighted by molar-refractivity contribution is -0.142. The number of pyridine rings is 2. The highest BCUT2D eigenvalue weighted by molar-refractivity contribution is 6.04. The van der Waals surface area contributed by atoms with E-state index in [4.69, 9.17) is 4.74 Å². The van der Waals surface area contributed by atoms with Crippen molar-refractivity contribution < 1.29 is 36.3 Å². The van der Waals surface area contributed by atoms with Crippen molar-refractivity contribution in [2.24, 2.45) is 5.92 Å². The number of amides is 2. The van der Waals surface area contributed by atoms with Crippen LogP contribution in [-0.4, -0.2) is 25.8 Å². The van der Waals surface area contributed by atoms with Crippen LogP contribution in [0.5, 0.6) is 11.5 Å². The first-order chi connectivity index (χ1) is 21.0. The molecule has 0 atom stereocenters. The van der Waals surface area contributed by atoms with Gasteiger partial charge in [-0.15, -0.1) is 0 Å². The second-order valence-electron chi connectivity index (χ2n) is 9.97. The molecule has 3 heterocycles. The molecule has 0 aliphatic heterocycles. The SMILES string of the molecule is O=C(Nc1ccc(Oc2ccc3nc(NC(=O)C4CC4)cn3c2)c(F)c1)c1ccc(C(F)(F)F)n(-c2ccc(F)cc2)c1=O. The summed E-state index contributed by atoms with van der Waals surface area (Å²) in [5.74, 6) is -2.42. The number of ether oxygens (including phenoxy) is 1. The number of rotatable bonds is 7. The monoisotopic (exact) mass is 609 g/mol. The topological polar surface area (TPSA) is 107 Å². The maximum Gasteiger partial charge on any atom is 0.431 e. The third kappa shape index (κ3) is 5.86. The number of aromatic nitrogens is 3. The Labute approximate surface area is 244 Å². The van der Waals surface area contributed by atoms with Gasteiger partial charge in [0.25, 0.3) is 11.5 Å². The van der Waals surface area contributed by atoms with Crippen LogP contribution >= 0.6 is 0 Å². The van der Waals surface area contributed by atoms with Crippen molar-refractivity contribution in [3.63, 3.8) is 0 Å². The van der Waals surface area contributed by atoms with Gasteiger partial charge in [-0.3, -0.25) is 19.0 Å². The van der Waals surface area contributed by atoms with Gasteiger partial charge in [-0.2, -0.15) is 13.2 Å². The van der Waals surface area contributed by atoms with Crippen molar-refractivity contribution in [3.05, 3.63) is 112 Å². The molecule has 2 N–H and O–H groups in total. The van der Waals surface area contributed by atoms with E-state index >= 15 is 0 Å². The van der Waals surface area contributed by atoms with E-state index in [0.717, 1.165) is 43.2 Å². The normalized spacial score (nSPS) is 13.1. The molecule has 1 fully saturated rings. The molecular weight excluding hydrogens is 589 g/mol. The Balaban J connectivity index is 1.20. The highest BCUT2D eigenvalue weighted by Crippen LogP contribution is 2.32. The zero-order valence-electron chi connectivity index (χ0n) is 22.4. The first-order valence-corrected chi connectivity index (χ1v) is 13.1. The summed E-state index contributed by atoms with van der Waals surface area (Å²) in [5.41, 5.74) is -3.23. The summed E-state index contributed by atoms with van der Waals surface area (Å²) >= 11 is 0. The molecule has 0 saturated heterocycles. The zero-order valence-corrected chi connectivity index (χ0v) is 22.4. The lowest BCUT2D eigenvalue weighted by Crippen LogP contribution is -2.32. The summed E-state index contributed by atoms with van der Waals surface area (Å²) in [5, 5.41) is 5.04. The van der Waals surface area contributed by atoms with Gasteiger partial charge in [0.05, 0.1) is 12.4 Å². The lowest BCUT2D eigenvalue weighted by Gasteiger charge is -2.17. The minimum absolute atomic E-state index is 0.00418. The Hall–Kier alpha value is -5.53. The second kappa shape index (κ2) is 10.9. The standard InChI is InChI=1S/C30H20F5N5O4/c31-17-3-6-19(7-4-17)40-24(30(33,34)35)11-9-21(29(40)43)28(42)36-18-5-10-23(22(32)13-18)44-20-8-12-26-37-25(15-39(26)14-20)38-27(41)16-1-2-16/h3-16H,1-2H2,(H,36,42)(H,38,41). The number of carbonyl (C=O) groups excluding carboxylic acids is 2. The summed E-state index contributed by atoms with van der Waals surface area (Å²) in [4.78, 5) is 42.3. The van der Waals surface area contributed by atoms with Crippen molar-refractivity contribution in [1.29, 1.82) is 0 Å². The largest absolute Gasteiger partial charge is 0.453 e. The van der Waals surface area contributed by atoms with Crippen LogP contribution in [0.2, 0.25) is 0 Å². The molecule has 14 heteroatoms. The number of hydrogen-bond acceptors (Lipinski definition) is 5. The van der Waals surface area contributed by atoms with Crippen molar-refractivity contribution >= 4 is 29.0 Å². The number of hydrogen-bond donors (Lipinski definition) is 2. The average Bonchev–Trinajstić information content (AvgIpc) is 3.75. The van der Waals surface area contributed by atoms with Gasteiger partial charge < -0.3 is 19.8 Å². The highest BCUT2D eigenvalue weighted by Gasteiger charge is 2.36. The van der Waals surface area contributed by atoms with Crippen molar-refractivity contribution in [1.82, 2.24) is 14.0 Å². The van der Waals surface area contributed by atoms with Crippen LogP contribution in [0, 0.1) is 17.6 Å². The summed E-state index contributed by atoms with van der Waals surface area (Å²) < 4.78 is 76.8. The zero-order chi connectivity index (χ0) is 31.2. The molecular formula is C30H20F5N5O4. The Bertz CT molecular complexity index is 1980. The molecule has 1 aliphatic carbocycles. The minimum Gasteiger partial charge on any atom is -0.453 e. The van der Waals surface area contributed by atoms with Crippen LogP contribution in [0.1, 0.15) is 28.9 Å². The molecule has 6 rings (SSSR count). The Morgan fingerprint density at radius 1 is 0.909 bits per heavy atom. The third-order valence-corrected chi connectivity index (χ3v) is 6.74. The van der Waals surface area contributed by atoms with Gasteiger partial charge in [-0.25, -0.2) is 13.8 Å². The molecule has 2 aromatic carbocycles. The first kappa shape index (κ1) is 28.6. The molecule has 2 amide bonds. The quantitative estimate of drug-likeness (QED) is 0.215. The fourth-order valence-corrected chi connectivity index (χ4v) is 4.43. The van der Waals surface area contributed by atoms with E-state index in [-0.39, 0.29) is 39.3 Å². The van der Waals surface area contributed by atoms with Crippen molar-refractivity contribution in [2.45, 2.75) is 19.0 Å². The number of nitrogens with one attached hydrogen (secondary N) is 2. The molecule has 1 saturated carbocycles. The van der Waals surface area contributed by atoms with Crippen LogP contribution in [0.25, 0.3) is 11.3 Å². The van der Waals surface area contributed by atoms with Gasteiger partial charge in [0.15, 0.2) is 17.4 Å². The van der Waals surface area contributed by atoms with Crippen LogP contribution in [0.3, 0.4) is 0 Å². The Kier molecular flexibility index (Phi) is 7.11. The van der Waals surface area contributed by atoms with E-state index in [1.807, 2.05) is 0 Å². The predicted molar refractivity (Wildman–Crippen MR) is 148 cm³/mol. The van der Waals surface area contributed by atoms with Crippen molar-refractivity contribution in [3.8, 4) is 17.2 Å². The molecule has 5 aromatic rings. The molecule has 0 unspecified atom stereocenters. The molecule has 0 radical (unpaired) electrons. The van der Waals surface area contributed by atoms with Crippen molar-refractivity contribution in [2.75, 3.05) is 10.6 Å². The predicted octanol–water partition coefficient (Wildman–Crippen LogP) is 6.18. The number of anilines is 2.